The van der Waals surface area contributed by atoms with Gasteiger partial charge in [-0.2, -0.15) is 10.2 Å². The summed E-state index contributed by atoms with van der Waals surface area (Å²) in [7, 11) is 1.49. The topological polar surface area (TPSA) is 118 Å². The lowest BCUT2D eigenvalue weighted by molar-refractivity contribution is -0.146. The molecule has 0 aromatic heterocycles. The molecular formula is C24H22N4O5. The molecule has 0 aliphatic heterocycles. The van der Waals surface area contributed by atoms with E-state index in [0.717, 1.165) is 5.69 Å². The summed E-state index contributed by atoms with van der Waals surface area (Å²) < 4.78 is 9.95. The van der Waals surface area contributed by atoms with Crippen LogP contribution >= 0.6 is 0 Å². The number of nitrogens with one attached hydrogen (secondary N) is 2. The molecule has 0 aliphatic carbocycles. The molecule has 0 saturated carbocycles. The zero-order valence-electron chi connectivity index (χ0n) is 17.9. The number of nitrogens with zero attached hydrogens (tertiary/aromatic N) is 2. The second-order valence-corrected chi connectivity index (χ2v) is 6.71. The van der Waals surface area contributed by atoms with E-state index in [2.05, 4.69) is 20.9 Å². The highest BCUT2D eigenvalue weighted by molar-refractivity contribution is 5.97. The van der Waals surface area contributed by atoms with E-state index >= 15 is 0 Å². The largest absolute Gasteiger partial charge is 0.497 e. The fourth-order valence-electron chi connectivity index (χ4n) is 2.63. The third-order valence-corrected chi connectivity index (χ3v) is 4.28. The number of amides is 2. The SMILES string of the molecule is COc1cccc(C(=O)NCC(=O)OCC(=O)Nc2ccc(N=Nc3ccccc3)cc2)c1. The predicted molar refractivity (Wildman–Crippen MR) is 122 cm³/mol. The molecule has 0 heterocycles. The minimum atomic E-state index is -0.738. The van der Waals surface area contributed by atoms with Crippen molar-refractivity contribution in [1.82, 2.24) is 5.32 Å². The molecular weight excluding hydrogens is 424 g/mol. The van der Waals surface area contributed by atoms with E-state index in [1.165, 1.54) is 7.11 Å². The number of carbonyl (C=O) groups is 3. The van der Waals surface area contributed by atoms with Crippen LogP contribution in [-0.4, -0.2) is 38.0 Å². The molecule has 9 heteroatoms. The van der Waals surface area contributed by atoms with Crippen LogP contribution < -0.4 is 15.4 Å². The van der Waals surface area contributed by atoms with E-state index in [9.17, 15) is 14.4 Å². The minimum Gasteiger partial charge on any atom is -0.497 e. The first-order valence-electron chi connectivity index (χ1n) is 9.98. The molecule has 2 amide bonds. The maximum atomic E-state index is 12.1. The Balaban J connectivity index is 1.40. The molecule has 168 valence electrons. The van der Waals surface area contributed by atoms with Gasteiger partial charge >= 0.3 is 5.97 Å². The highest BCUT2D eigenvalue weighted by Crippen LogP contribution is 2.20. The second-order valence-electron chi connectivity index (χ2n) is 6.71. The van der Waals surface area contributed by atoms with E-state index in [0.29, 0.717) is 22.7 Å². The highest BCUT2D eigenvalue weighted by atomic mass is 16.5. The van der Waals surface area contributed by atoms with Crippen LogP contribution in [-0.2, 0) is 14.3 Å². The standard InChI is InChI=1S/C24H22N4O5/c1-32-21-9-5-6-17(14-21)24(31)25-15-23(30)33-16-22(29)26-18-10-12-20(13-11-18)28-27-19-7-3-2-4-8-19/h2-14H,15-16H2,1H3,(H,25,31)(H,26,29). The lowest BCUT2D eigenvalue weighted by atomic mass is 10.2. The average Bonchev–Trinajstić information content (AvgIpc) is 2.86. The fourth-order valence-corrected chi connectivity index (χ4v) is 2.63. The molecule has 3 aromatic carbocycles. The number of rotatable bonds is 9. The molecule has 0 radical (unpaired) electrons. The van der Waals surface area contributed by atoms with E-state index in [-0.39, 0.29) is 6.54 Å². The molecule has 3 aromatic rings. The molecule has 2 N–H and O–H groups in total. The van der Waals surface area contributed by atoms with Crippen molar-refractivity contribution in [2.75, 3.05) is 25.6 Å². The van der Waals surface area contributed by atoms with Gasteiger partial charge in [-0.1, -0.05) is 24.3 Å². The van der Waals surface area contributed by atoms with Crippen LogP contribution in [0.3, 0.4) is 0 Å². The van der Waals surface area contributed by atoms with Crippen LogP contribution in [0, 0.1) is 0 Å². The van der Waals surface area contributed by atoms with Crippen LogP contribution in [0.1, 0.15) is 10.4 Å². The summed E-state index contributed by atoms with van der Waals surface area (Å²) in [5, 5.41) is 13.3. The van der Waals surface area contributed by atoms with E-state index in [4.69, 9.17) is 9.47 Å². The van der Waals surface area contributed by atoms with Gasteiger partial charge in [-0.3, -0.25) is 14.4 Å². The summed E-state index contributed by atoms with van der Waals surface area (Å²) in [6, 6.07) is 22.5. The molecule has 0 aliphatic rings. The zero-order valence-corrected chi connectivity index (χ0v) is 17.9. The molecule has 0 atom stereocenters. The smallest absolute Gasteiger partial charge is 0.325 e. The summed E-state index contributed by atoms with van der Waals surface area (Å²) in [4.78, 5) is 35.9. The van der Waals surface area contributed by atoms with Gasteiger partial charge in [0.2, 0.25) is 0 Å². The van der Waals surface area contributed by atoms with Crippen molar-refractivity contribution in [3.8, 4) is 5.75 Å². The Labute approximate surface area is 190 Å². The first-order chi connectivity index (χ1) is 16.0. The van der Waals surface area contributed by atoms with Gasteiger partial charge in [-0.05, 0) is 54.6 Å². The normalized spacial score (nSPS) is 10.5. The third kappa shape index (κ3) is 7.59. The van der Waals surface area contributed by atoms with Crippen molar-refractivity contribution < 1.29 is 23.9 Å². The maximum Gasteiger partial charge on any atom is 0.325 e. The molecule has 3 rings (SSSR count). The van der Waals surface area contributed by atoms with Gasteiger partial charge in [0.05, 0.1) is 18.5 Å². The monoisotopic (exact) mass is 446 g/mol. The molecule has 33 heavy (non-hydrogen) atoms. The number of hydrogen-bond acceptors (Lipinski definition) is 7. The zero-order chi connectivity index (χ0) is 23.5. The summed E-state index contributed by atoms with van der Waals surface area (Å²) in [5.74, 6) is -1.19. The summed E-state index contributed by atoms with van der Waals surface area (Å²) in [6.07, 6.45) is 0. The highest BCUT2D eigenvalue weighted by Gasteiger charge is 2.11. The van der Waals surface area contributed by atoms with E-state index in [1.807, 2.05) is 30.3 Å². The van der Waals surface area contributed by atoms with Gasteiger partial charge in [0.15, 0.2) is 6.61 Å². The van der Waals surface area contributed by atoms with Gasteiger partial charge in [0.1, 0.15) is 12.3 Å². The van der Waals surface area contributed by atoms with Crippen molar-refractivity contribution in [3.05, 3.63) is 84.4 Å². The number of esters is 1. The van der Waals surface area contributed by atoms with Gasteiger partial charge in [0.25, 0.3) is 11.8 Å². The number of benzene rings is 3. The minimum absolute atomic E-state index is 0.339. The van der Waals surface area contributed by atoms with Crippen molar-refractivity contribution >= 4 is 34.8 Å². The Morgan fingerprint density at radius 1 is 0.848 bits per heavy atom. The molecule has 0 bridgehead atoms. The summed E-state index contributed by atoms with van der Waals surface area (Å²) in [5.41, 5.74) is 2.21. The van der Waals surface area contributed by atoms with Crippen LogP contribution in [0.25, 0.3) is 0 Å². The number of methoxy groups -OCH3 is 1. The number of hydrogen-bond donors (Lipinski definition) is 2. The van der Waals surface area contributed by atoms with Gasteiger partial charge in [-0.15, -0.1) is 0 Å². The van der Waals surface area contributed by atoms with Crippen molar-refractivity contribution in [3.63, 3.8) is 0 Å². The summed E-state index contributed by atoms with van der Waals surface area (Å²) in [6.45, 7) is -0.853. The van der Waals surface area contributed by atoms with Crippen LogP contribution in [0.5, 0.6) is 5.75 Å². The van der Waals surface area contributed by atoms with Gasteiger partial charge in [-0.25, -0.2) is 0 Å². The van der Waals surface area contributed by atoms with Crippen molar-refractivity contribution in [2.24, 2.45) is 10.2 Å². The Morgan fingerprint density at radius 2 is 1.55 bits per heavy atom. The predicted octanol–water partition coefficient (Wildman–Crippen LogP) is 4.02. The fraction of sp³-hybridized carbons (Fsp3) is 0.125. The van der Waals surface area contributed by atoms with Crippen molar-refractivity contribution in [2.45, 2.75) is 0 Å². The maximum absolute atomic E-state index is 12.1. The van der Waals surface area contributed by atoms with Crippen LogP contribution in [0.15, 0.2) is 89.1 Å². The summed E-state index contributed by atoms with van der Waals surface area (Å²) >= 11 is 0. The molecule has 0 saturated heterocycles. The lowest BCUT2D eigenvalue weighted by Crippen LogP contribution is -2.32. The molecule has 0 fully saturated rings. The Hall–Kier alpha value is -4.53. The Kier molecular flexibility index (Phi) is 8.24. The lowest BCUT2D eigenvalue weighted by Gasteiger charge is -2.08. The van der Waals surface area contributed by atoms with Crippen LogP contribution in [0.4, 0.5) is 17.1 Å². The molecule has 0 spiro atoms. The number of carbonyl (C=O) groups excluding carboxylic acids is 3. The molecule has 9 nitrogen and oxygen atoms in total. The third-order valence-electron chi connectivity index (χ3n) is 4.28. The number of anilines is 1. The van der Waals surface area contributed by atoms with Crippen molar-refractivity contribution in [1.29, 1.82) is 0 Å². The first kappa shape index (κ1) is 23.1. The average molecular weight is 446 g/mol. The van der Waals surface area contributed by atoms with Gasteiger partial charge in [0, 0.05) is 11.3 Å². The number of azo groups is 1. The first-order valence-corrected chi connectivity index (χ1v) is 9.98. The van der Waals surface area contributed by atoms with Gasteiger partial charge < -0.3 is 20.1 Å². The molecule has 0 unspecified atom stereocenters. The van der Waals surface area contributed by atoms with E-state index < -0.39 is 24.4 Å². The Morgan fingerprint density at radius 3 is 2.24 bits per heavy atom. The van der Waals surface area contributed by atoms with E-state index in [1.54, 1.807) is 48.5 Å². The number of ether oxygens (including phenoxy) is 2. The Bertz CT molecular complexity index is 1130. The van der Waals surface area contributed by atoms with Crippen LogP contribution in [0.2, 0.25) is 0 Å². The quantitative estimate of drug-likeness (QED) is 0.380. The second kappa shape index (κ2) is 11.8.